The van der Waals surface area contributed by atoms with Gasteiger partial charge in [-0.15, -0.1) is 0 Å². The minimum Gasteiger partial charge on any atom is -0.423 e. The van der Waals surface area contributed by atoms with Crippen molar-refractivity contribution in [2.45, 2.75) is 27.2 Å². The number of para-hydroxylation sites is 2. The third-order valence-electron chi connectivity index (χ3n) is 2.04. The molecule has 0 saturated carbocycles. The summed E-state index contributed by atoms with van der Waals surface area (Å²) in [5.41, 5.74) is 0. The van der Waals surface area contributed by atoms with Crippen molar-refractivity contribution in [3.8, 4) is 11.5 Å². The quantitative estimate of drug-likeness (QED) is 0.595. The Bertz CT molecular complexity index is 410. The third kappa shape index (κ3) is 3.90. The summed E-state index contributed by atoms with van der Waals surface area (Å²) >= 11 is 0. The molecule has 0 bridgehead atoms. The van der Waals surface area contributed by atoms with E-state index in [1.54, 1.807) is 45.0 Å². The molecule has 0 amide bonds. The summed E-state index contributed by atoms with van der Waals surface area (Å²) < 4.78 is 10.2. The monoisotopic (exact) mass is 236 g/mol. The lowest BCUT2D eigenvalue weighted by atomic mass is 10.2. The minimum absolute atomic E-state index is 0.232. The summed E-state index contributed by atoms with van der Waals surface area (Å²) in [6.45, 7) is 5.18. The van der Waals surface area contributed by atoms with Crippen molar-refractivity contribution < 1.29 is 19.1 Å². The van der Waals surface area contributed by atoms with E-state index >= 15 is 0 Å². The summed E-state index contributed by atoms with van der Waals surface area (Å²) in [5, 5.41) is 0. The number of rotatable bonds is 4. The maximum Gasteiger partial charge on any atom is 0.313 e. The average Bonchev–Trinajstić information content (AvgIpc) is 2.31. The lowest BCUT2D eigenvalue weighted by molar-refractivity contribution is -0.139. The highest BCUT2D eigenvalue weighted by Gasteiger charge is 2.14. The largest absolute Gasteiger partial charge is 0.423 e. The van der Waals surface area contributed by atoms with Gasteiger partial charge in [-0.25, -0.2) is 0 Å². The van der Waals surface area contributed by atoms with Crippen molar-refractivity contribution in [3.05, 3.63) is 24.3 Å². The first-order chi connectivity index (χ1) is 8.04. The molecule has 0 N–H and O–H groups in total. The van der Waals surface area contributed by atoms with E-state index in [1.807, 2.05) is 0 Å². The zero-order valence-corrected chi connectivity index (χ0v) is 10.2. The molecule has 1 aromatic rings. The number of esters is 2. The second kappa shape index (κ2) is 6.03. The van der Waals surface area contributed by atoms with Crippen LogP contribution in [0.3, 0.4) is 0 Å². The maximum atomic E-state index is 11.5. The Morgan fingerprint density at radius 3 is 2.12 bits per heavy atom. The molecule has 0 aliphatic heterocycles. The summed E-state index contributed by atoms with van der Waals surface area (Å²) in [7, 11) is 0. The molecule has 0 spiro atoms. The van der Waals surface area contributed by atoms with E-state index in [1.165, 1.54) is 0 Å². The predicted molar refractivity (Wildman–Crippen MR) is 62.8 cm³/mol. The van der Waals surface area contributed by atoms with Crippen molar-refractivity contribution in [2.75, 3.05) is 0 Å². The number of hydrogen-bond donors (Lipinski definition) is 0. The van der Waals surface area contributed by atoms with Gasteiger partial charge in [-0.2, -0.15) is 0 Å². The van der Waals surface area contributed by atoms with Crippen LogP contribution in [0.5, 0.6) is 11.5 Å². The van der Waals surface area contributed by atoms with Gasteiger partial charge in [0.25, 0.3) is 0 Å². The van der Waals surface area contributed by atoms with Crippen molar-refractivity contribution in [3.63, 3.8) is 0 Å². The van der Waals surface area contributed by atoms with Gasteiger partial charge in [-0.3, -0.25) is 9.59 Å². The van der Waals surface area contributed by atoms with Crippen molar-refractivity contribution in [1.82, 2.24) is 0 Å². The first-order valence-corrected chi connectivity index (χ1v) is 5.56. The SMILES string of the molecule is CCC(=O)Oc1ccccc1OC(=O)C(C)C. The third-order valence-corrected chi connectivity index (χ3v) is 2.04. The van der Waals surface area contributed by atoms with Crippen LogP contribution in [0.1, 0.15) is 27.2 Å². The van der Waals surface area contributed by atoms with Gasteiger partial charge in [0.05, 0.1) is 5.92 Å². The second-order valence-corrected chi connectivity index (χ2v) is 3.85. The number of ether oxygens (including phenoxy) is 2. The highest BCUT2D eigenvalue weighted by molar-refractivity contribution is 5.77. The number of carbonyl (C=O) groups is 2. The first kappa shape index (κ1) is 13.2. The van der Waals surface area contributed by atoms with E-state index in [2.05, 4.69) is 0 Å². The van der Waals surface area contributed by atoms with E-state index in [-0.39, 0.29) is 35.8 Å². The van der Waals surface area contributed by atoms with Crippen LogP contribution in [0.15, 0.2) is 24.3 Å². The molecular weight excluding hydrogens is 220 g/mol. The van der Waals surface area contributed by atoms with Crippen molar-refractivity contribution in [1.29, 1.82) is 0 Å². The normalized spacial score (nSPS) is 10.1. The van der Waals surface area contributed by atoms with E-state index in [9.17, 15) is 9.59 Å². The topological polar surface area (TPSA) is 52.6 Å². The van der Waals surface area contributed by atoms with Gasteiger partial charge in [0.15, 0.2) is 11.5 Å². The van der Waals surface area contributed by atoms with E-state index in [4.69, 9.17) is 9.47 Å². The average molecular weight is 236 g/mol. The van der Waals surface area contributed by atoms with Gasteiger partial charge in [-0.1, -0.05) is 32.9 Å². The Balaban J connectivity index is 2.84. The summed E-state index contributed by atoms with van der Waals surface area (Å²) in [6.07, 6.45) is 0.270. The van der Waals surface area contributed by atoms with Crippen molar-refractivity contribution >= 4 is 11.9 Å². The maximum absolute atomic E-state index is 11.5. The Hall–Kier alpha value is -1.84. The van der Waals surface area contributed by atoms with Gasteiger partial charge in [0.1, 0.15) is 0 Å². The molecule has 0 atom stereocenters. The summed E-state index contributed by atoms with van der Waals surface area (Å²) in [6, 6.07) is 6.62. The van der Waals surface area contributed by atoms with E-state index < -0.39 is 0 Å². The highest BCUT2D eigenvalue weighted by atomic mass is 16.6. The molecule has 0 radical (unpaired) electrons. The molecule has 0 heterocycles. The molecule has 0 aromatic heterocycles. The van der Waals surface area contributed by atoms with Crippen LogP contribution >= 0.6 is 0 Å². The molecule has 0 saturated heterocycles. The summed E-state index contributed by atoms with van der Waals surface area (Å²) in [5.74, 6) is -0.408. The van der Waals surface area contributed by atoms with Gasteiger partial charge in [-0.05, 0) is 12.1 Å². The molecule has 0 aliphatic rings. The second-order valence-electron chi connectivity index (χ2n) is 3.85. The molecule has 0 unspecified atom stereocenters. The molecule has 17 heavy (non-hydrogen) atoms. The lowest BCUT2D eigenvalue weighted by Gasteiger charge is -2.10. The van der Waals surface area contributed by atoms with Crippen molar-refractivity contribution in [2.24, 2.45) is 5.92 Å². The molecule has 4 heteroatoms. The molecule has 1 rings (SSSR count). The van der Waals surface area contributed by atoms with Gasteiger partial charge < -0.3 is 9.47 Å². The van der Waals surface area contributed by atoms with E-state index in [0.29, 0.717) is 0 Å². The Morgan fingerprint density at radius 1 is 1.12 bits per heavy atom. The van der Waals surface area contributed by atoms with Crippen LogP contribution < -0.4 is 9.47 Å². The smallest absolute Gasteiger partial charge is 0.313 e. The highest BCUT2D eigenvalue weighted by Crippen LogP contribution is 2.27. The Labute approximate surface area is 101 Å². The summed E-state index contributed by atoms with van der Waals surface area (Å²) in [4.78, 5) is 22.6. The molecule has 92 valence electrons. The van der Waals surface area contributed by atoms with Crippen LogP contribution in [0, 0.1) is 5.92 Å². The van der Waals surface area contributed by atoms with Crippen LogP contribution in [0.2, 0.25) is 0 Å². The van der Waals surface area contributed by atoms with Crippen LogP contribution in [-0.4, -0.2) is 11.9 Å². The fourth-order valence-electron chi connectivity index (χ4n) is 1.04. The molecular formula is C13H16O4. The number of benzene rings is 1. The predicted octanol–water partition coefficient (Wildman–Crippen LogP) is 2.56. The number of hydrogen-bond acceptors (Lipinski definition) is 4. The standard InChI is InChI=1S/C13H16O4/c1-4-12(14)16-10-7-5-6-8-11(10)17-13(15)9(2)3/h5-9H,4H2,1-3H3. The zero-order valence-electron chi connectivity index (χ0n) is 10.2. The molecule has 0 aliphatic carbocycles. The van der Waals surface area contributed by atoms with E-state index in [0.717, 1.165) is 0 Å². The molecule has 1 aromatic carbocycles. The van der Waals surface area contributed by atoms with Gasteiger partial charge in [0, 0.05) is 6.42 Å². The lowest BCUT2D eigenvalue weighted by Crippen LogP contribution is -2.16. The minimum atomic E-state index is -0.363. The molecule has 0 fully saturated rings. The van der Waals surface area contributed by atoms with Crippen LogP contribution in [0.4, 0.5) is 0 Å². The number of carbonyl (C=O) groups excluding carboxylic acids is 2. The fraction of sp³-hybridized carbons (Fsp3) is 0.385. The Morgan fingerprint density at radius 2 is 1.65 bits per heavy atom. The fourth-order valence-corrected chi connectivity index (χ4v) is 1.04. The van der Waals surface area contributed by atoms with Crippen LogP contribution in [0.25, 0.3) is 0 Å². The van der Waals surface area contributed by atoms with Gasteiger partial charge >= 0.3 is 11.9 Å². The zero-order chi connectivity index (χ0) is 12.8. The first-order valence-electron chi connectivity index (χ1n) is 5.56. The van der Waals surface area contributed by atoms with Gasteiger partial charge in [0.2, 0.25) is 0 Å². The Kier molecular flexibility index (Phi) is 4.69. The van der Waals surface area contributed by atoms with Crippen LogP contribution in [-0.2, 0) is 9.59 Å². The molecule has 4 nitrogen and oxygen atoms in total.